The second kappa shape index (κ2) is 7.49. The third kappa shape index (κ3) is 4.00. The molecule has 0 nitrogen and oxygen atoms in total. The summed E-state index contributed by atoms with van der Waals surface area (Å²) in [6.45, 7) is 0. The molecule has 0 bridgehead atoms. The first-order valence-corrected chi connectivity index (χ1v) is 8.44. The van der Waals surface area contributed by atoms with E-state index in [1.54, 1.807) is 0 Å². The Bertz CT molecular complexity index is 536. The Balaban J connectivity index is 2.23. The molecule has 2 rings (SSSR count). The van der Waals surface area contributed by atoms with Crippen molar-refractivity contribution in [2.24, 2.45) is 5.41 Å². The van der Waals surface area contributed by atoms with Crippen molar-refractivity contribution >= 4 is 39.1 Å². The molecule has 3 heteroatoms. The highest BCUT2D eigenvalue weighted by atomic mass is 79.9. The highest BCUT2D eigenvalue weighted by molar-refractivity contribution is 9.10. The van der Waals surface area contributed by atoms with Gasteiger partial charge in [-0.25, -0.2) is 0 Å². The van der Waals surface area contributed by atoms with Gasteiger partial charge in [0.05, 0.1) is 0 Å². The summed E-state index contributed by atoms with van der Waals surface area (Å²) in [7, 11) is 0. The summed E-state index contributed by atoms with van der Waals surface area (Å²) in [6, 6.07) is 18.7. The Labute approximate surface area is 139 Å². The molecule has 20 heavy (non-hydrogen) atoms. The molecule has 0 atom stereocenters. The maximum atomic E-state index is 6.28. The van der Waals surface area contributed by atoms with Crippen molar-refractivity contribution in [3.63, 3.8) is 0 Å². The van der Waals surface area contributed by atoms with Crippen LogP contribution >= 0.6 is 39.1 Å². The van der Waals surface area contributed by atoms with E-state index < -0.39 is 0 Å². The molecule has 0 aromatic heterocycles. The molecule has 0 fully saturated rings. The molecule has 0 aliphatic rings. The molecule has 0 saturated carbocycles. The van der Waals surface area contributed by atoms with Crippen molar-refractivity contribution in [2.45, 2.75) is 12.8 Å². The molecular formula is C17H17BrCl2. The minimum Gasteiger partial charge on any atom is -0.126 e. The van der Waals surface area contributed by atoms with Crippen LogP contribution in [-0.2, 0) is 12.8 Å². The van der Waals surface area contributed by atoms with Gasteiger partial charge in [0.15, 0.2) is 0 Å². The van der Waals surface area contributed by atoms with Crippen molar-refractivity contribution in [1.29, 1.82) is 0 Å². The largest absolute Gasteiger partial charge is 0.126 e. The van der Waals surface area contributed by atoms with Crippen molar-refractivity contribution in [3.8, 4) is 0 Å². The molecule has 0 radical (unpaired) electrons. The maximum absolute atomic E-state index is 6.28. The zero-order chi connectivity index (χ0) is 14.4. The topological polar surface area (TPSA) is 0 Å². The molecule has 2 aromatic rings. The summed E-state index contributed by atoms with van der Waals surface area (Å²) in [5.41, 5.74) is 2.42. The second-order valence-corrected chi connectivity index (χ2v) is 6.59. The highest BCUT2D eigenvalue weighted by Crippen LogP contribution is 2.33. The number of alkyl halides is 2. The summed E-state index contributed by atoms with van der Waals surface area (Å²) < 4.78 is 1.12. The van der Waals surface area contributed by atoms with E-state index in [0.717, 1.165) is 17.3 Å². The van der Waals surface area contributed by atoms with E-state index >= 15 is 0 Å². The van der Waals surface area contributed by atoms with E-state index in [4.69, 9.17) is 23.2 Å². The van der Waals surface area contributed by atoms with Gasteiger partial charge < -0.3 is 0 Å². The Kier molecular flexibility index (Phi) is 5.95. The van der Waals surface area contributed by atoms with Crippen LogP contribution < -0.4 is 0 Å². The molecule has 0 N–H and O–H groups in total. The van der Waals surface area contributed by atoms with E-state index in [-0.39, 0.29) is 5.41 Å². The first kappa shape index (κ1) is 15.9. The Morgan fingerprint density at radius 2 is 1.40 bits per heavy atom. The van der Waals surface area contributed by atoms with E-state index in [2.05, 4.69) is 58.4 Å². The van der Waals surface area contributed by atoms with Crippen LogP contribution in [0.2, 0.25) is 0 Å². The van der Waals surface area contributed by atoms with E-state index in [0.29, 0.717) is 11.8 Å². The van der Waals surface area contributed by atoms with Crippen molar-refractivity contribution in [3.05, 3.63) is 70.2 Å². The van der Waals surface area contributed by atoms with Gasteiger partial charge in [0.1, 0.15) is 0 Å². The fourth-order valence-electron chi connectivity index (χ4n) is 2.36. The standard InChI is InChI=1S/C17H17BrCl2/c18-16-9-5-4-8-15(16)11-17(12-19,13-20)10-14-6-2-1-3-7-14/h1-9H,10-13H2. The predicted octanol–water partition coefficient (Wildman–Crippen LogP) is 5.70. The van der Waals surface area contributed by atoms with Gasteiger partial charge in [0, 0.05) is 21.6 Å². The van der Waals surface area contributed by atoms with Gasteiger partial charge >= 0.3 is 0 Å². The van der Waals surface area contributed by atoms with Crippen molar-refractivity contribution in [2.75, 3.05) is 11.8 Å². The Morgan fingerprint density at radius 3 is 2.00 bits per heavy atom. The van der Waals surface area contributed by atoms with Gasteiger partial charge in [-0.15, -0.1) is 23.2 Å². The van der Waals surface area contributed by atoms with Crippen LogP contribution in [0, 0.1) is 5.41 Å². The van der Waals surface area contributed by atoms with Crippen molar-refractivity contribution in [1.82, 2.24) is 0 Å². The number of hydrogen-bond donors (Lipinski definition) is 0. The molecule has 0 aliphatic heterocycles. The maximum Gasteiger partial charge on any atom is 0.0297 e. The SMILES string of the molecule is ClCC(CCl)(Cc1ccccc1)Cc1ccccc1Br. The second-order valence-electron chi connectivity index (χ2n) is 5.20. The molecule has 106 valence electrons. The summed E-state index contributed by atoms with van der Waals surface area (Å²) in [6.07, 6.45) is 1.76. The first-order chi connectivity index (χ1) is 9.69. The third-order valence-corrected chi connectivity index (χ3v) is 5.42. The molecule has 0 spiro atoms. The quantitative estimate of drug-likeness (QED) is 0.571. The number of rotatable bonds is 6. The average Bonchev–Trinajstić information content (AvgIpc) is 2.50. The van der Waals surface area contributed by atoms with Crippen LogP contribution in [0.3, 0.4) is 0 Å². The molecule has 0 heterocycles. The van der Waals surface area contributed by atoms with Crippen LogP contribution in [0.4, 0.5) is 0 Å². The van der Waals surface area contributed by atoms with Gasteiger partial charge in [0.2, 0.25) is 0 Å². The zero-order valence-electron chi connectivity index (χ0n) is 11.2. The molecule has 0 aliphatic carbocycles. The molecular weight excluding hydrogens is 355 g/mol. The van der Waals surface area contributed by atoms with Gasteiger partial charge in [0.25, 0.3) is 0 Å². The Hall–Kier alpha value is -0.500. The molecule has 0 amide bonds. The first-order valence-electron chi connectivity index (χ1n) is 6.58. The lowest BCUT2D eigenvalue weighted by molar-refractivity contribution is 0.373. The highest BCUT2D eigenvalue weighted by Gasteiger charge is 2.29. The number of hydrogen-bond acceptors (Lipinski definition) is 0. The molecule has 0 unspecified atom stereocenters. The molecule has 0 saturated heterocycles. The minimum atomic E-state index is -0.117. The number of benzene rings is 2. The van der Waals surface area contributed by atoms with Crippen molar-refractivity contribution < 1.29 is 0 Å². The summed E-state index contributed by atoms with van der Waals surface area (Å²) in [5.74, 6) is 1.10. The Morgan fingerprint density at radius 1 is 0.800 bits per heavy atom. The van der Waals surface area contributed by atoms with Gasteiger partial charge in [-0.05, 0) is 30.0 Å². The van der Waals surface area contributed by atoms with Crippen LogP contribution in [0.25, 0.3) is 0 Å². The molecule has 2 aromatic carbocycles. The predicted molar refractivity (Wildman–Crippen MR) is 91.9 cm³/mol. The van der Waals surface area contributed by atoms with Crippen LogP contribution in [0.5, 0.6) is 0 Å². The summed E-state index contributed by atoms with van der Waals surface area (Å²) in [4.78, 5) is 0. The van der Waals surface area contributed by atoms with Gasteiger partial charge in [-0.3, -0.25) is 0 Å². The number of halogens is 3. The lowest BCUT2D eigenvalue weighted by Gasteiger charge is -2.30. The van der Waals surface area contributed by atoms with Gasteiger partial charge in [-0.2, -0.15) is 0 Å². The van der Waals surface area contributed by atoms with Crippen LogP contribution in [0.1, 0.15) is 11.1 Å². The van der Waals surface area contributed by atoms with E-state index in [1.807, 2.05) is 12.1 Å². The van der Waals surface area contributed by atoms with Crippen LogP contribution in [0.15, 0.2) is 59.1 Å². The summed E-state index contributed by atoms with van der Waals surface area (Å²) >= 11 is 16.2. The lowest BCUT2D eigenvalue weighted by Crippen LogP contribution is -2.31. The zero-order valence-corrected chi connectivity index (χ0v) is 14.3. The van der Waals surface area contributed by atoms with Crippen LogP contribution in [-0.4, -0.2) is 11.8 Å². The van der Waals surface area contributed by atoms with E-state index in [1.165, 1.54) is 11.1 Å². The van der Waals surface area contributed by atoms with E-state index in [9.17, 15) is 0 Å². The summed E-state index contributed by atoms with van der Waals surface area (Å²) in [5, 5.41) is 0. The lowest BCUT2D eigenvalue weighted by atomic mass is 9.80. The third-order valence-electron chi connectivity index (χ3n) is 3.51. The fourth-order valence-corrected chi connectivity index (χ4v) is 3.45. The minimum absolute atomic E-state index is 0.117. The monoisotopic (exact) mass is 370 g/mol. The van der Waals surface area contributed by atoms with Gasteiger partial charge in [-0.1, -0.05) is 64.5 Å². The normalized spacial score (nSPS) is 11.6. The average molecular weight is 372 g/mol. The fraction of sp³-hybridized carbons (Fsp3) is 0.294. The smallest absolute Gasteiger partial charge is 0.0297 e.